The first-order valence-electron chi connectivity index (χ1n) is 10.8. The van der Waals surface area contributed by atoms with E-state index >= 15 is 0 Å². The minimum Gasteiger partial charge on any atom is -0.373 e. The van der Waals surface area contributed by atoms with Crippen LogP contribution in [0, 0.1) is 6.10 Å². The lowest BCUT2D eigenvalue weighted by Crippen LogP contribution is -2.22. The van der Waals surface area contributed by atoms with Crippen LogP contribution in [-0.4, -0.2) is 26.4 Å². The van der Waals surface area contributed by atoms with Gasteiger partial charge in [-0.25, -0.2) is 4.57 Å². The summed E-state index contributed by atoms with van der Waals surface area (Å²) in [4.78, 5) is 0. The van der Waals surface area contributed by atoms with Crippen LogP contribution >= 0.6 is 7.82 Å². The Bertz CT molecular complexity index is 771. The molecule has 0 saturated carbocycles. The van der Waals surface area contributed by atoms with Crippen molar-refractivity contribution in [1.82, 2.24) is 0 Å². The zero-order valence-electron chi connectivity index (χ0n) is 19.0. The van der Waals surface area contributed by atoms with Gasteiger partial charge in [0.25, 0.3) is 0 Å². The number of allylic oxidation sites excluding steroid dienone is 1. The Labute approximate surface area is 187 Å². The lowest BCUT2D eigenvalue weighted by atomic mass is 9.96. The second-order valence-electron chi connectivity index (χ2n) is 6.97. The van der Waals surface area contributed by atoms with Crippen LogP contribution in [0.5, 0.6) is 0 Å². The number of phosphoric ester groups is 1. The maximum atomic E-state index is 12.8. The molecule has 0 aliphatic rings. The third-order valence-corrected chi connectivity index (χ3v) is 6.46. The summed E-state index contributed by atoms with van der Waals surface area (Å²) >= 11 is 0. The van der Waals surface area contributed by atoms with E-state index < -0.39 is 13.9 Å². The van der Waals surface area contributed by atoms with Gasteiger partial charge in [0.05, 0.1) is 13.2 Å². The Morgan fingerprint density at radius 2 is 1.45 bits per heavy atom. The summed E-state index contributed by atoms with van der Waals surface area (Å²) in [5.41, 5.74) is 3.55. The standard InChI is InChI=1S/C25H34O5P/c1-5-28-31(26,29-6-2)30-25(21(3)27-4)20-14-13-19-24(22-15-9-7-10-16-22)23-17-11-8-12-18-23/h7-12,15-19,25H,5-6,13-14,20H2,1-4H3. The Morgan fingerprint density at radius 1 is 0.935 bits per heavy atom. The highest BCUT2D eigenvalue weighted by molar-refractivity contribution is 7.48. The van der Waals surface area contributed by atoms with Gasteiger partial charge in [-0.3, -0.25) is 13.6 Å². The summed E-state index contributed by atoms with van der Waals surface area (Å²) in [6.07, 6.45) is 4.72. The third kappa shape index (κ3) is 8.36. The summed E-state index contributed by atoms with van der Waals surface area (Å²) in [6, 6.07) is 20.7. The number of hydrogen-bond donors (Lipinski definition) is 0. The molecule has 0 spiro atoms. The normalized spacial score (nSPS) is 12.7. The first kappa shape index (κ1) is 25.5. The van der Waals surface area contributed by atoms with E-state index in [1.165, 1.54) is 16.7 Å². The third-order valence-electron chi connectivity index (χ3n) is 4.79. The molecule has 2 rings (SSSR count). The number of rotatable bonds is 14. The van der Waals surface area contributed by atoms with Crippen LogP contribution in [0.15, 0.2) is 66.7 Å². The molecule has 0 saturated heterocycles. The lowest BCUT2D eigenvalue weighted by molar-refractivity contribution is 0.0385. The van der Waals surface area contributed by atoms with Gasteiger partial charge in [-0.1, -0.05) is 66.7 Å². The van der Waals surface area contributed by atoms with Gasteiger partial charge >= 0.3 is 7.82 Å². The van der Waals surface area contributed by atoms with Crippen molar-refractivity contribution in [3.8, 4) is 0 Å². The quantitative estimate of drug-likeness (QED) is 0.230. The molecule has 2 aromatic rings. The Balaban J connectivity index is 2.10. The SMILES string of the molecule is CCOP(=O)(OCC)OC(CCCC=C(c1ccccc1)c1ccccc1)[C](C)OC. The van der Waals surface area contributed by atoms with Crippen molar-refractivity contribution >= 4 is 13.4 Å². The molecule has 5 nitrogen and oxygen atoms in total. The maximum Gasteiger partial charge on any atom is 0.475 e. The van der Waals surface area contributed by atoms with Crippen LogP contribution in [0.3, 0.4) is 0 Å². The topological polar surface area (TPSA) is 54.0 Å². The van der Waals surface area contributed by atoms with Gasteiger partial charge in [0, 0.05) is 7.11 Å². The predicted molar refractivity (Wildman–Crippen MR) is 125 cm³/mol. The molecule has 0 amide bonds. The summed E-state index contributed by atoms with van der Waals surface area (Å²) < 4.78 is 34.5. The average Bonchev–Trinajstić information content (AvgIpc) is 2.79. The minimum absolute atomic E-state index is 0.246. The molecule has 0 fully saturated rings. The number of hydrogen-bond acceptors (Lipinski definition) is 5. The van der Waals surface area contributed by atoms with Crippen molar-refractivity contribution in [1.29, 1.82) is 0 Å². The molecule has 169 valence electrons. The number of phosphoric acid groups is 1. The Kier molecular flexibility index (Phi) is 11.2. The van der Waals surface area contributed by atoms with Crippen LogP contribution < -0.4 is 0 Å². The van der Waals surface area contributed by atoms with Crippen LogP contribution in [-0.2, 0) is 22.9 Å². The monoisotopic (exact) mass is 445 g/mol. The van der Waals surface area contributed by atoms with Crippen LogP contribution in [0.1, 0.15) is 51.2 Å². The van der Waals surface area contributed by atoms with Crippen molar-refractivity contribution in [2.75, 3.05) is 20.3 Å². The first-order valence-corrected chi connectivity index (χ1v) is 12.2. The van der Waals surface area contributed by atoms with Crippen molar-refractivity contribution in [3.05, 3.63) is 84.0 Å². The van der Waals surface area contributed by atoms with E-state index in [9.17, 15) is 4.57 Å². The average molecular weight is 446 g/mol. The maximum absolute atomic E-state index is 12.8. The molecule has 1 atom stereocenters. The molecule has 2 aromatic carbocycles. The minimum atomic E-state index is -3.62. The van der Waals surface area contributed by atoms with Gasteiger partial charge < -0.3 is 4.74 Å². The Morgan fingerprint density at radius 3 is 1.90 bits per heavy atom. The smallest absolute Gasteiger partial charge is 0.373 e. The molecular formula is C25H34O5P. The van der Waals surface area contributed by atoms with Crippen molar-refractivity contribution in [3.63, 3.8) is 0 Å². The van der Waals surface area contributed by atoms with Crippen molar-refractivity contribution in [2.24, 2.45) is 0 Å². The van der Waals surface area contributed by atoms with E-state index in [1.807, 2.05) is 43.3 Å². The second kappa shape index (κ2) is 13.6. The molecule has 0 aliphatic heterocycles. The number of methoxy groups -OCH3 is 1. The summed E-state index contributed by atoms with van der Waals surface area (Å²) in [6.45, 7) is 5.83. The first-order chi connectivity index (χ1) is 15.0. The van der Waals surface area contributed by atoms with E-state index in [0.29, 0.717) is 12.5 Å². The molecule has 0 heterocycles. The van der Waals surface area contributed by atoms with Crippen molar-refractivity contribution < 1.29 is 22.9 Å². The summed E-state index contributed by atoms with van der Waals surface area (Å²) in [5.74, 6) is 0. The van der Waals surface area contributed by atoms with Gasteiger partial charge in [0.2, 0.25) is 0 Å². The van der Waals surface area contributed by atoms with Crippen LogP contribution in [0.2, 0.25) is 0 Å². The fourth-order valence-corrected chi connectivity index (χ4v) is 4.61. The summed E-state index contributed by atoms with van der Waals surface area (Å²) in [5, 5.41) is 0. The highest BCUT2D eigenvalue weighted by atomic mass is 31.2. The highest BCUT2D eigenvalue weighted by Crippen LogP contribution is 2.52. The second-order valence-corrected chi connectivity index (χ2v) is 8.59. The highest BCUT2D eigenvalue weighted by Gasteiger charge is 2.33. The zero-order chi connectivity index (χ0) is 22.5. The van der Waals surface area contributed by atoms with Gasteiger partial charge in [-0.2, -0.15) is 0 Å². The Hall–Kier alpha value is -1.75. The van der Waals surface area contributed by atoms with Gasteiger partial charge in [0.15, 0.2) is 0 Å². The zero-order valence-corrected chi connectivity index (χ0v) is 19.8. The largest absolute Gasteiger partial charge is 0.475 e. The number of unbranched alkanes of at least 4 members (excludes halogenated alkanes) is 1. The molecule has 31 heavy (non-hydrogen) atoms. The van der Waals surface area contributed by atoms with Crippen LogP contribution in [0.25, 0.3) is 5.57 Å². The molecule has 0 bridgehead atoms. The molecular weight excluding hydrogens is 411 g/mol. The molecule has 0 aliphatic carbocycles. The van der Waals surface area contributed by atoms with E-state index in [4.69, 9.17) is 18.3 Å². The van der Waals surface area contributed by atoms with E-state index in [1.54, 1.807) is 21.0 Å². The number of ether oxygens (including phenoxy) is 1. The molecule has 0 aromatic heterocycles. The molecule has 1 unspecified atom stereocenters. The summed E-state index contributed by atoms with van der Waals surface area (Å²) in [7, 11) is -2.04. The lowest BCUT2D eigenvalue weighted by Gasteiger charge is -2.26. The number of benzene rings is 2. The van der Waals surface area contributed by atoms with Crippen LogP contribution in [0.4, 0.5) is 0 Å². The van der Waals surface area contributed by atoms with E-state index in [-0.39, 0.29) is 13.2 Å². The molecule has 0 N–H and O–H groups in total. The van der Waals surface area contributed by atoms with E-state index in [2.05, 4.69) is 30.3 Å². The predicted octanol–water partition coefficient (Wildman–Crippen LogP) is 7.05. The van der Waals surface area contributed by atoms with Gasteiger partial charge in [0.1, 0.15) is 12.2 Å². The van der Waals surface area contributed by atoms with E-state index in [0.717, 1.165) is 12.8 Å². The fourth-order valence-electron chi connectivity index (χ4n) is 3.22. The fraction of sp³-hybridized carbons (Fsp3) is 0.400. The van der Waals surface area contributed by atoms with Gasteiger partial charge in [-0.05, 0) is 56.7 Å². The molecule has 6 heteroatoms. The van der Waals surface area contributed by atoms with Gasteiger partial charge in [-0.15, -0.1) is 0 Å². The molecule has 1 radical (unpaired) electrons. The van der Waals surface area contributed by atoms with Crippen molar-refractivity contribution in [2.45, 2.75) is 46.1 Å².